The third kappa shape index (κ3) is 8.46. The minimum absolute atomic E-state index is 0.104. The molecule has 0 bridgehead atoms. The van der Waals surface area contributed by atoms with Gasteiger partial charge in [0, 0.05) is 44.2 Å². The Morgan fingerprint density at radius 3 is 1.79 bits per heavy atom. The fourth-order valence-corrected chi connectivity index (χ4v) is 5.33. The molecule has 1 aromatic heterocycles. The molecule has 202 valence electrons. The number of benzene rings is 2. The van der Waals surface area contributed by atoms with Crippen LogP contribution in [0.1, 0.15) is 46.7 Å². The lowest BCUT2D eigenvalue weighted by atomic mass is 9.87. The van der Waals surface area contributed by atoms with Crippen molar-refractivity contribution in [3.05, 3.63) is 99.3 Å². The fourth-order valence-electron chi connectivity index (χ4n) is 4.87. The first-order valence-corrected chi connectivity index (χ1v) is 13.7. The van der Waals surface area contributed by atoms with Crippen molar-refractivity contribution in [2.75, 3.05) is 45.8 Å². The molecular weight excluding hydrogens is 529 g/mol. The lowest BCUT2D eigenvalue weighted by Crippen LogP contribution is -2.47. The molecule has 0 saturated carbocycles. The topological polar surface area (TPSA) is 48.5 Å². The van der Waals surface area contributed by atoms with Crippen molar-refractivity contribution in [3.8, 4) is 0 Å². The number of carbonyl (C=O) groups excluding carboxylic acids is 1. The van der Waals surface area contributed by atoms with Crippen LogP contribution in [0.15, 0.2) is 60.7 Å². The highest BCUT2D eigenvalue weighted by atomic mass is 35.5. The number of hydrogen-bond donors (Lipinski definition) is 1. The molecule has 5 nitrogen and oxygen atoms in total. The summed E-state index contributed by atoms with van der Waals surface area (Å²) < 4.78 is 26.9. The summed E-state index contributed by atoms with van der Waals surface area (Å²) in [4.78, 5) is 21.0. The van der Waals surface area contributed by atoms with E-state index < -0.39 is 0 Å². The van der Waals surface area contributed by atoms with Crippen LogP contribution in [-0.4, -0.2) is 66.5 Å². The van der Waals surface area contributed by atoms with E-state index in [1.807, 2.05) is 24.3 Å². The molecule has 1 saturated heterocycles. The summed E-state index contributed by atoms with van der Waals surface area (Å²) >= 11 is 11.7. The molecule has 0 atom stereocenters. The standard InChI is InChI=1S/C29H32Cl2F2N4O/c30-27-19-23(20-28(31)35-27)29(38)34-12-2-14-37-17-15-36(16-18-37)13-1-3-26(21-4-8-24(32)9-5-21)22-6-10-25(33)11-7-22/h4-11,19-20,26H,1-3,12-18H2,(H,34,38). The van der Waals surface area contributed by atoms with Crippen molar-refractivity contribution in [2.45, 2.75) is 25.2 Å². The predicted octanol–water partition coefficient (Wildman–Crippen LogP) is 6.02. The van der Waals surface area contributed by atoms with E-state index in [2.05, 4.69) is 20.1 Å². The van der Waals surface area contributed by atoms with Crippen LogP contribution in [0.5, 0.6) is 0 Å². The van der Waals surface area contributed by atoms with Crippen LogP contribution in [0.25, 0.3) is 0 Å². The van der Waals surface area contributed by atoms with Crippen LogP contribution in [0, 0.1) is 11.6 Å². The third-order valence-electron chi connectivity index (χ3n) is 6.94. The normalized spacial score (nSPS) is 14.7. The quantitative estimate of drug-likeness (QED) is 0.230. The van der Waals surface area contributed by atoms with E-state index in [0.29, 0.717) is 12.1 Å². The van der Waals surface area contributed by atoms with E-state index in [1.54, 1.807) is 0 Å². The van der Waals surface area contributed by atoms with Gasteiger partial charge in [0.2, 0.25) is 0 Å². The molecular formula is C29H32Cl2F2N4O. The third-order valence-corrected chi connectivity index (χ3v) is 7.33. The Kier molecular flexibility index (Phi) is 10.5. The molecule has 1 aliphatic rings. The number of rotatable bonds is 11. The number of aromatic nitrogens is 1. The Balaban J connectivity index is 1.17. The number of amides is 1. The SMILES string of the molecule is O=C(NCCCN1CCN(CCCC(c2ccc(F)cc2)c2ccc(F)cc2)CC1)c1cc(Cl)nc(Cl)c1. The Bertz CT molecular complexity index is 1120. The first-order chi connectivity index (χ1) is 18.4. The molecule has 1 fully saturated rings. The molecule has 2 aromatic carbocycles. The lowest BCUT2D eigenvalue weighted by Gasteiger charge is -2.35. The van der Waals surface area contributed by atoms with E-state index >= 15 is 0 Å². The Morgan fingerprint density at radius 1 is 0.816 bits per heavy atom. The van der Waals surface area contributed by atoms with Gasteiger partial charge in [0.25, 0.3) is 5.91 Å². The molecule has 38 heavy (non-hydrogen) atoms. The first-order valence-electron chi connectivity index (χ1n) is 12.9. The van der Waals surface area contributed by atoms with Gasteiger partial charge in [0.1, 0.15) is 21.9 Å². The van der Waals surface area contributed by atoms with Crippen LogP contribution in [0.3, 0.4) is 0 Å². The number of nitrogens with zero attached hydrogens (tertiary/aromatic N) is 3. The maximum Gasteiger partial charge on any atom is 0.251 e. The van der Waals surface area contributed by atoms with Crippen molar-refractivity contribution in [1.29, 1.82) is 0 Å². The fraction of sp³-hybridized carbons (Fsp3) is 0.379. The molecule has 0 spiro atoms. The van der Waals surface area contributed by atoms with Crippen LogP contribution in [0.2, 0.25) is 10.3 Å². The molecule has 2 heterocycles. The van der Waals surface area contributed by atoms with Gasteiger partial charge in [0.05, 0.1) is 0 Å². The summed E-state index contributed by atoms with van der Waals surface area (Å²) in [5.41, 5.74) is 2.50. The number of piperazine rings is 1. The summed E-state index contributed by atoms with van der Waals surface area (Å²) in [5.74, 6) is -0.613. The van der Waals surface area contributed by atoms with E-state index in [0.717, 1.165) is 69.7 Å². The molecule has 9 heteroatoms. The Labute approximate surface area is 232 Å². The summed E-state index contributed by atoms with van der Waals surface area (Å²) in [5, 5.41) is 3.30. The number of halogens is 4. The van der Waals surface area contributed by atoms with Gasteiger partial charge in [-0.3, -0.25) is 4.79 Å². The second-order valence-electron chi connectivity index (χ2n) is 9.59. The van der Waals surface area contributed by atoms with Crippen LogP contribution in [-0.2, 0) is 0 Å². The molecule has 0 unspecified atom stereocenters. The highest BCUT2D eigenvalue weighted by Gasteiger charge is 2.19. The lowest BCUT2D eigenvalue weighted by molar-refractivity contribution is 0.0947. The molecule has 0 radical (unpaired) electrons. The average Bonchev–Trinajstić information content (AvgIpc) is 2.90. The highest BCUT2D eigenvalue weighted by molar-refractivity contribution is 6.33. The zero-order valence-electron chi connectivity index (χ0n) is 21.2. The van der Waals surface area contributed by atoms with Crippen molar-refractivity contribution in [3.63, 3.8) is 0 Å². The molecule has 3 aromatic rings. The van der Waals surface area contributed by atoms with E-state index in [1.165, 1.54) is 36.4 Å². The van der Waals surface area contributed by atoms with Crippen molar-refractivity contribution < 1.29 is 13.6 Å². The second kappa shape index (κ2) is 14.0. The Morgan fingerprint density at radius 2 is 1.29 bits per heavy atom. The maximum atomic E-state index is 13.5. The molecule has 1 N–H and O–H groups in total. The highest BCUT2D eigenvalue weighted by Crippen LogP contribution is 2.30. The van der Waals surface area contributed by atoms with Crippen LogP contribution >= 0.6 is 23.2 Å². The van der Waals surface area contributed by atoms with Crippen LogP contribution < -0.4 is 5.32 Å². The number of carbonyl (C=O) groups is 1. The van der Waals surface area contributed by atoms with E-state index in [9.17, 15) is 13.6 Å². The summed E-state index contributed by atoms with van der Waals surface area (Å²) in [6.45, 7) is 6.45. The van der Waals surface area contributed by atoms with Gasteiger partial charge in [-0.05, 0) is 79.9 Å². The first kappa shape index (κ1) is 28.4. The number of pyridine rings is 1. The van der Waals surface area contributed by atoms with Crippen LogP contribution in [0.4, 0.5) is 8.78 Å². The van der Waals surface area contributed by atoms with Gasteiger partial charge >= 0.3 is 0 Å². The molecule has 1 aliphatic heterocycles. The zero-order valence-corrected chi connectivity index (χ0v) is 22.7. The largest absolute Gasteiger partial charge is 0.352 e. The van der Waals surface area contributed by atoms with Gasteiger partial charge in [0.15, 0.2) is 0 Å². The number of nitrogens with one attached hydrogen (secondary N) is 1. The number of hydrogen-bond acceptors (Lipinski definition) is 4. The Hall–Kier alpha value is -2.58. The van der Waals surface area contributed by atoms with E-state index in [4.69, 9.17) is 23.2 Å². The predicted molar refractivity (Wildman–Crippen MR) is 148 cm³/mol. The van der Waals surface area contributed by atoms with Gasteiger partial charge in [-0.2, -0.15) is 0 Å². The van der Waals surface area contributed by atoms with Gasteiger partial charge in [-0.25, -0.2) is 13.8 Å². The van der Waals surface area contributed by atoms with Crippen molar-refractivity contribution in [1.82, 2.24) is 20.1 Å². The summed E-state index contributed by atoms with van der Waals surface area (Å²) in [7, 11) is 0. The average molecular weight is 562 g/mol. The molecule has 0 aliphatic carbocycles. The van der Waals surface area contributed by atoms with Crippen molar-refractivity contribution in [2.24, 2.45) is 0 Å². The van der Waals surface area contributed by atoms with Gasteiger partial charge in [-0.15, -0.1) is 0 Å². The minimum atomic E-state index is -0.254. The van der Waals surface area contributed by atoms with E-state index in [-0.39, 0.29) is 33.8 Å². The maximum absolute atomic E-state index is 13.5. The summed E-state index contributed by atoms with van der Waals surface area (Å²) in [6.07, 6.45) is 2.76. The smallest absolute Gasteiger partial charge is 0.251 e. The minimum Gasteiger partial charge on any atom is -0.352 e. The van der Waals surface area contributed by atoms with Gasteiger partial charge in [-0.1, -0.05) is 47.5 Å². The second-order valence-corrected chi connectivity index (χ2v) is 10.4. The summed E-state index contributed by atoms with van der Waals surface area (Å²) in [6, 6.07) is 16.3. The molecule has 1 amide bonds. The molecule has 4 rings (SSSR count). The zero-order chi connectivity index (χ0) is 26.9. The monoisotopic (exact) mass is 560 g/mol. The van der Waals surface area contributed by atoms with Gasteiger partial charge < -0.3 is 15.1 Å². The van der Waals surface area contributed by atoms with Crippen molar-refractivity contribution >= 4 is 29.1 Å².